The maximum Gasteiger partial charge on any atom is 0.329 e. The molecule has 0 spiro atoms. The summed E-state index contributed by atoms with van der Waals surface area (Å²) in [6, 6.07) is -0.127. The fraction of sp³-hybridized carbons (Fsp3) is 0.867. The van der Waals surface area contributed by atoms with Crippen molar-refractivity contribution in [3.05, 3.63) is 0 Å². The molecular weight excluding hydrogens is 256 g/mol. The highest BCUT2D eigenvalue weighted by Crippen LogP contribution is 2.29. The number of carbonyl (C=O) groups is 2. The van der Waals surface area contributed by atoms with Crippen LogP contribution in [0.25, 0.3) is 0 Å². The Morgan fingerprint density at radius 3 is 2.50 bits per heavy atom. The summed E-state index contributed by atoms with van der Waals surface area (Å²) in [7, 11) is 0. The van der Waals surface area contributed by atoms with E-state index in [2.05, 4.69) is 13.8 Å². The lowest BCUT2D eigenvalue weighted by atomic mass is 9.89. The summed E-state index contributed by atoms with van der Waals surface area (Å²) >= 11 is 0. The van der Waals surface area contributed by atoms with Crippen LogP contribution in [0.3, 0.4) is 0 Å². The predicted octanol–water partition coefficient (Wildman–Crippen LogP) is 2.80. The van der Waals surface area contributed by atoms with Gasteiger partial charge in [0.2, 0.25) is 0 Å². The molecule has 20 heavy (non-hydrogen) atoms. The van der Waals surface area contributed by atoms with Gasteiger partial charge in [0, 0.05) is 19.6 Å². The predicted molar refractivity (Wildman–Crippen MR) is 78.7 cm³/mol. The van der Waals surface area contributed by atoms with Crippen LogP contribution in [0.15, 0.2) is 0 Å². The lowest BCUT2D eigenvalue weighted by Gasteiger charge is -2.44. The largest absolute Gasteiger partial charge is 0.480 e. The first-order valence-corrected chi connectivity index (χ1v) is 7.66. The molecule has 2 unspecified atom stereocenters. The molecule has 5 heteroatoms. The topological polar surface area (TPSA) is 60.9 Å². The highest BCUT2D eigenvalue weighted by molar-refractivity contribution is 5.86. The van der Waals surface area contributed by atoms with Gasteiger partial charge in [0.25, 0.3) is 0 Å². The van der Waals surface area contributed by atoms with E-state index in [1.54, 1.807) is 16.7 Å². The number of carbonyl (C=O) groups excluding carboxylic acids is 1. The Morgan fingerprint density at radius 2 is 2.00 bits per heavy atom. The zero-order chi connectivity index (χ0) is 15.3. The Labute approximate surface area is 121 Å². The van der Waals surface area contributed by atoms with Gasteiger partial charge in [-0.1, -0.05) is 20.3 Å². The number of nitrogens with zero attached hydrogens (tertiary/aromatic N) is 2. The van der Waals surface area contributed by atoms with Crippen molar-refractivity contribution in [2.45, 2.75) is 58.9 Å². The van der Waals surface area contributed by atoms with Crippen LogP contribution < -0.4 is 0 Å². The number of hydrogen-bond donors (Lipinski definition) is 1. The van der Waals surface area contributed by atoms with Crippen molar-refractivity contribution in [2.24, 2.45) is 5.92 Å². The van der Waals surface area contributed by atoms with Gasteiger partial charge in [-0.25, -0.2) is 9.59 Å². The van der Waals surface area contributed by atoms with Gasteiger partial charge in [0.1, 0.15) is 5.54 Å². The first-order valence-electron chi connectivity index (χ1n) is 7.66. The summed E-state index contributed by atoms with van der Waals surface area (Å²) in [6.45, 7) is 9.69. The summed E-state index contributed by atoms with van der Waals surface area (Å²) in [6.07, 6.45) is 3.30. The summed E-state index contributed by atoms with van der Waals surface area (Å²) in [5.41, 5.74) is -1.06. The zero-order valence-electron chi connectivity index (χ0n) is 13.2. The number of carboxylic acids is 1. The molecule has 1 saturated heterocycles. The van der Waals surface area contributed by atoms with Crippen LogP contribution >= 0.6 is 0 Å². The van der Waals surface area contributed by atoms with Gasteiger partial charge in [-0.05, 0) is 39.0 Å². The number of piperidine rings is 1. The fourth-order valence-electron chi connectivity index (χ4n) is 2.67. The molecule has 0 saturated carbocycles. The SMILES string of the molecule is CCC(C)CN(CC)C(=O)N1CCCCC1(C)C(=O)O. The molecule has 0 aliphatic carbocycles. The highest BCUT2D eigenvalue weighted by Gasteiger charge is 2.45. The number of aliphatic carboxylic acids is 1. The number of hydrogen-bond acceptors (Lipinski definition) is 2. The molecule has 116 valence electrons. The van der Waals surface area contributed by atoms with Crippen LogP contribution in [0.1, 0.15) is 53.4 Å². The molecule has 0 bridgehead atoms. The Morgan fingerprint density at radius 1 is 1.35 bits per heavy atom. The normalized spacial score (nSPS) is 24.3. The Bertz CT molecular complexity index is 359. The van der Waals surface area contributed by atoms with Crippen LogP contribution in [0.2, 0.25) is 0 Å². The molecule has 0 aromatic carbocycles. The van der Waals surface area contributed by atoms with Crippen LogP contribution in [0, 0.1) is 5.92 Å². The average molecular weight is 284 g/mol. The molecular formula is C15H28N2O3. The third kappa shape index (κ3) is 3.44. The van der Waals surface area contributed by atoms with Crippen molar-refractivity contribution >= 4 is 12.0 Å². The second-order valence-electron chi connectivity index (χ2n) is 6.02. The maximum atomic E-state index is 12.7. The van der Waals surface area contributed by atoms with Crippen molar-refractivity contribution in [3.8, 4) is 0 Å². The summed E-state index contributed by atoms with van der Waals surface area (Å²) in [5.74, 6) is -0.468. The number of carboxylic acid groups (broad SMARTS) is 1. The first-order chi connectivity index (χ1) is 9.36. The Hall–Kier alpha value is -1.26. The molecule has 0 radical (unpaired) electrons. The standard InChI is InChI=1S/C15H28N2O3/c1-5-12(3)11-16(6-2)14(20)17-10-8-7-9-15(17,4)13(18)19/h12H,5-11H2,1-4H3,(H,18,19). The van der Waals surface area contributed by atoms with E-state index in [0.29, 0.717) is 32.0 Å². The summed E-state index contributed by atoms with van der Waals surface area (Å²) < 4.78 is 0. The van der Waals surface area contributed by atoms with Crippen molar-refractivity contribution in [1.82, 2.24) is 9.80 Å². The minimum atomic E-state index is -1.06. The summed E-state index contributed by atoms with van der Waals surface area (Å²) in [5, 5.41) is 9.49. The Kier molecular flexibility index (Phi) is 5.84. The number of likely N-dealkylation sites (tertiary alicyclic amines) is 1. The van der Waals surface area contributed by atoms with Gasteiger partial charge in [0.15, 0.2) is 0 Å². The number of urea groups is 1. The van der Waals surface area contributed by atoms with E-state index < -0.39 is 11.5 Å². The second-order valence-corrected chi connectivity index (χ2v) is 6.02. The third-order valence-electron chi connectivity index (χ3n) is 4.46. The van der Waals surface area contributed by atoms with E-state index in [1.807, 2.05) is 6.92 Å². The van der Waals surface area contributed by atoms with Gasteiger partial charge < -0.3 is 14.9 Å². The van der Waals surface area contributed by atoms with Crippen LogP contribution in [-0.4, -0.2) is 52.1 Å². The molecule has 0 aromatic heterocycles. The van der Waals surface area contributed by atoms with Gasteiger partial charge in [-0.3, -0.25) is 0 Å². The van der Waals surface area contributed by atoms with E-state index in [0.717, 1.165) is 19.3 Å². The number of amides is 2. The molecule has 1 N–H and O–H groups in total. The monoisotopic (exact) mass is 284 g/mol. The molecule has 1 rings (SSSR count). The van der Waals surface area contributed by atoms with Gasteiger partial charge in [0.05, 0.1) is 0 Å². The molecule has 2 amide bonds. The van der Waals surface area contributed by atoms with E-state index in [9.17, 15) is 14.7 Å². The van der Waals surface area contributed by atoms with E-state index in [-0.39, 0.29) is 6.03 Å². The minimum Gasteiger partial charge on any atom is -0.480 e. The molecule has 5 nitrogen and oxygen atoms in total. The fourth-order valence-corrected chi connectivity index (χ4v) is 2.67. The number of rotatable bonds is 5. The molecule has 0 aromatic rings. The zero-order valence-corrected chi connectivity index (χ0v) is 13.2. The van der Waals surface area contributed by atoms with Crippen LogP contribution in [-0.2, 0) is 4.79 Å². The van der Waals surface area contributed by atoms with Crippen molar-refractivity contribution in [2.75, 3.05) is 19.6 Å². The second kappa shape index (κ2) is 6.95. The third-order valence-corrected chi connectivity index (χ3v) is 4.46. The van der Waals surface area contributed by atoms with Crippen molar-refractivity contribution < 1.29 is 14.7 Å². The molecule has 1 aliphatic heterocycles. The highest BCUT2D eigenvalue weighted by atomic mass is 16.4. The molecule has 1 fully saturated rings. The first kappa shape index (κ1) is 16.8. The molecule has 1 heterocycles. The van der Waals surface area contributed by atoms with Crippen LogP contribution in [0.5, 0.6) is 0 Å². The molecule has 1 aliphatic rings. The average Bonchev–Trinajstić information content (AvgIpc) is 2.44. The Balaban J connectivity index is 2.88. The van der Waals surface area contributed by atoms with Crippen molar-refractivity contribution in [1.29, 1.82) is 0 Å². The van der Waals surface area contributed by atoms with E-state index >= 15 is 0 Å². The van der Waals surface area contributed by atoms with E-state index in [4.69, 9.17) is 0 Å². The van der Waals surface area contributed by atoms with Gasteiger partial charge in [-0.15, -0.1) is 0 Å². The minimum absolute atomic E-state index is 0.127. The molecule has 2 atom stereocenters. The lowest BCUT2D eigenvalue weighted by molar-refractivity contribution is -0.150. The lowest BCUT2D eigenvalue weighted by Crippen LogP contribution is -2.60. The summed E-state index contributed by atoms with van der Waals surface area (Å²) in [4.78, 5) is 27.6. The van der Waals surface area contributed by atoms with Gasteiger partial charge in [-0.2, -0.15) is 0 Å². The van der Waals surface area contributed by atoms with Gasteiger partial charge >= 0.3 is 12.0 Å². The quantitative estimate of drug-likeness (QED) is 0.844. The maximum absolute atomic E-state index is 12.7. The van der Waals surface area contributed by atoms with Crippen molar-refractivity contribution in [3.63, 3.8) is 0 Å². The smallest absolute Gasteiger partial charge is 0.329 e. The van der Waals surface area contributed by atoms with E-state index in [1.165, 1.54) is 0 Å². The van der Waals surface area contributed by atoms with Crippen LogP contribution in [0.4, 0.5) is 4.79 Å².